The molecule has 2 rings (SSSR count). The summed E-state index contributed by atoms with van der Waals surface area (Å²) in [6, 6.07) is 8.61. The van der Waals surface area contributed by atoms with Crippen LogP contribution in [0.15, 0.2) is 24.3 Å². The van der Waals surface area contributed by atoms with E-state index < -0.39 is 0 Å². The Hall–Kier alpha value is -1.02. The van der Waals surface area contributed by atoms with Gasteiger partial charge >= 0.3 is 0 Å². The van der Waals surface area contributed by atoms with Crippen LogP contribution in [0.2, 0.25) is 0 Å². The summed E-state index contributed by atoms with van der Waals surface area (Å²) >= 11 is 0. The van der Waals surface area contributed by atoms with E-state index >= 15 is 0 Å². The summed E-state index contributed by atoms with van der Waals surface area (Å²) in [7, 11) is 0. The highest BCUT2D eigenvalue weighted by Crippen LogP contribution is 2.28. The van der Waals surface area contributed by atoms with E-state index in [1.807, 2.05) is 12.1 Å². The summed E-state index contributed by atoms with van der Waals surface area (Å²) in [5.41, 5.74) is 1.28. The Morgan fingerprint density at radius 2 is 1.79 bits per heavy atom. The van der Waals surface area contributed by atoms with Gasteiger partial charge in [-0.3, -0.25) is 0 Å². The molecule has 1 aliphatic rings. The molecular formula is C17H27NO. The molecule has 19 heavy (non-hydrogen) atoms. The van der Waals surface area contributed by atoms with Crippen LogP contribution in [0.4, 0.5) is 0 Å². The standard InChI is InChI=1S/C17H27NO/c1-3-17(15-9-11-16(19)12-10-15)18-13(2)14-7-5-4-6-8-14/h9-14,17-19H,3-8H2,1-2H3/t13-,17?/m1/s1. The number of hydrogen-bond acceptors (Lipinski definition) is 2. The Morgan fingerprint density at radius 3 is 2.37 bits per heavy atom. The number of aromatic hydroxyl groups is 1. The zero-order valence-electron chi connectivity index (χ0n) is 12.2. The van der Waals surface area contributed by atoms with E-state index in [2.05, 4.69) is 19.2 Å². The molecule has 1 saturated carbocycles. The van der Waals surface area contributed by atoms with Crippen LogP contribution in [-0.2, 0) is 0 Å². The number of benzene rings is 1. The average molecular weight is 261 g/mol. The van der Waals surface area contributed by atoms with E-state index in [9.17, 15) is 5.11 Å². The minimum Gasteiger partial charge on any atom is -0.508 e. The fourth-order valence-electron chi connectivity index (χ4n) is 3.24. The molecule has 1 aromatic rings. The molecule has 1 aromatic carbocycles. The first-order valence-electron chi connectivity index (χ1n) is 7.75. The SMILES string of the molecule is CCC(N[C@H](C)C1CCCCC1)c1ccc(O)cc1. The summed E-state index contributed by atoms with van der Waals surface area (Å²) < 4.78 is 0. The highest BCUT2D eigenvalue weighted by molar-refractivity contribution is 5.28. The summed E-state index contributed by atoms with van der Waals surface area (Å²) in [5.74, 6) is 1.18. The van der Waals surface area contributed by atoms with Gasteiger partial charge in [-0.25, -0.2) is 0 Å². The number of hydrogen-bond donors (Lipinski definition) is 2. The van der Waals surface area contributed by atoms with Gasteiger partial charge in [-0.1, -0.05) is 38.3 Å². The normalized spacial score (nSPS) is 20.1. The van der Waals surface area contributed by atoms with Gasteiger partial charge in [0.25, 0.3) is 0 Å². The molecule has 2 nitrogen and oxygen atoms in total. The van der Waals surface area contributed by atoms with Gasteiger partial charge in [-0.05, 0) is 49.8 Å². The minimum absolute atomic E-state index is 0.346. The van der Waals surface area contributed by atoms with Gasteiger partial charge in [0.15, 0.2) is 0 Å². The minimum atomic E-state index is 0.346. The molecule has 2 atom stereocenters. The molecule has 2 N–H and O–H groups in total. The molecule has 0 heterocycles. The van der Waals surface area contributed by atoms with Crippen molar-refractivity contribution in [2.75, 3.05) is 0 Å². The van der Waals surface area contributed by atoms with E-state index in [4.69, 9.17) is 0 Å². The van der Waals surface area contributed by atoms with E-state index in [1.165, 1.54) is 37.7 Å². The van der Waals surface area contributed by atoms with Crippen molar-refractivity contribution in [3.05, 3.63) is 29.8 Å². The lowest BCUT2D eigenvalue weighted by molar-refractivity contribution is 0.262. The third kappa shape index (κ3) is 3.97. The molecule has 0 saturated heterocycles. The second-order valence-electron chi connectivity index (χ2n) is 5.91. The molecule has 1 unspecified atom stereocenters. The largest absolute Gasteiger partial charge is 0.508 e. The topological polar surface area (TPSA) is 32.3 Å². The Bertz CT molecular complexity index is 367. The Labute approximate surface area is 117 Å². The molecule has 0 amide bonds. The lowest BCUT2D eigenvalue weighted by Crippen LogP contribution is -2.37. The summed E-state index contributed by atoms with van der Waals surface area (Å²) in [6.45, 7) is 4.55. The summed E-state index contributed by atoms with van der Waals surface area (Å²) in [4.78, 5) is 0. The third-order valence-corrected chi connectivity index (χ3v) is 4.52. The van der Waals surface area contributed by atoms with Crippen molar-refractivity contribution in [2.24, 2.45) is 5.92 Å². The van der Waals surface area contributed by atoms with Crippen molar-refractivity contribution in [3.63, 3.8) is 0 Å². The summed E-state index contributed by atoms with van der Waals surface area (Å²) in [5, 5.41) is 13.2. The quantitative estimate of drug-likeness (QED) is 0.823. The van der Waals surface area contributed by atoms with Crippen LogP contribution in [0, 0.1) is 5.92 Å². The van der Waals surface area contributed by atoms with Crippen molar-refractivity contribution >= 4 is 0 Å². The predicted octanol–water partition coefficient (Wildman–Crippen LogP) is 4.40. The maximum atomic E-state index is 9.38. The van der Waals surface area contributed by atoms with Gasteiger partial charge in [0.05, 0.1) is 0 Å². The van der Waals surface area contributed by atoms with Crippen LogP contribution >= 0.6 is 0 Å². The first-order valence-corrected chi connectivity index (χ1v) is 7.75. The van der Waals surface area contributed by atoms with Crippen LogP contribution in [0.3, 0.4) is 0 Å². The molecule has 2 heteroatoms. The molecule has 1 aliphatic carbocycles. The van der Waals surface area contributed by atoms with Crippen molar-refractivity contribution in [1.82, 2.24) is 5.32 Å². The molecular weight excluding hydrogens is 234 g/mol. The van der Waals surface area contributed by atoms with Crippen LogP contribution < -0.4 is 5.32 Å². The molecule has 1 fully saturated rings. The monoisotopic (exact) mass is 261 g/mol. The maximum Gasteiger partial charge on any atom is 0.115 e. The number of phenols is 1. The van der Waals surface area contributed by atoms with Gasteiger partial charge in [-0.15, -0.1) is 0 Å². The zero-order chi connectivity index (χ0) is 13.7. The van der Waals surface area contributed by atoms with Crippen molar-refractivity contribution in [2.45, 2.75) is 64.5 Å². The van der Waals surface area contributed by atoms with Gasteiger partial charge in [0.2, 0.25) is 0 Å². The molecule has 0 spiro atoms. The van der Waals surface area contributed by atoms with Gasteiger partial charge in [-0.2, -0.15) is 0 Å². The van der Waals surface area contributed by atoms with Crippen LogP contribution in [-0.4, -0.2) is 11.1 Å². The smallest absolute Gasteiger partial charge is 0.115 e. The molecule has 0 radical (unpaired) electrons. The Balaban J connectivity index is 1.96. The second kappa shape index (κ2) is 6.95. The van der Waals surface area contributed by atoms with E-state index in [0.717, 1.165) is 12.3 Å². The third-order valence-electron chi connectivity index (χ3n) is 4.52. The van der Waals surface area contributed by atoms with Gasteiger partial charge in [0, 0.05) is 12.1 Å². The van der Waals surface area contributed by atoms with Gasteiger partial charge in [0.1, 0.15) is 5.75 Å². The van der Waals surface area contributed by atoms with E-state index in [1.54, 1.807) is 12.1 Å². The number of phenolic OH excluding ortho intramolecular Hbond substituents is 1. The van der Waals surface area contributed by atoms with Crippen LogP contribution in [0.1, 0.15) is 64.0 Å². The maximum absolute atomic E-state index is 9.38. The van der Waals surface area contributed by atoms with Crippen LogP contribution in [0.5, 0.6) is 5.75 Å². The lowest BCUT2D eigenvalue weighted by atomic mass is 9.84. The lowest BCUT2D eigenvalue weighted by Gasteiger charge is -2.31. The van der Waals surface area contributed by atoms with Crippen molar-refractivity contribution in [1.29, 1.82) is 0 Å². The molecule has 0 bridgehead atoms. The van der Waals surface area contributed by atoms with Crippen molar-refractivity contribution in [3.8, 4) is 5.75 Å². The number of rotatable bonds is 5. The molecule has 106 valence electrons. The first-order chi connectivity index (χ1) is 9.20. The summed E-state index contributed by atoms with van der Waals surface area (Å²) in [6.07, 6.45) is 8.04. The molecule has 0 aromatic heterocycles. The average Bonchev–Trinajstić information content (AvgIpc) is 2.46. The fourth-order valence-corrected chi connectivity index (χ4v) is 3.24. The highest BCUT2D eigenvalue weighted by atomic mass is 16.3. The molecule has 0 aliphatic heterocycles. The first kappa shape index (κ1) is 14.4. The fraction of sp³-hybridized carbons (Fsp3) is 0.647. The van der Waals surface area contributed by atoms with E-state index in [-0.39, 0.29) is 0 Å². The second-order valence-corrected chi connectivity index (χ2v) is 5.91. The number of nitrogens with one attached hydrogen (secondary N) is 1. The van der Waals surface area contributed by atoms with Crippen molar-refractivity contribution < 1.29 is 5.11 Å². The Morgan fingerprint density at radius 1 is 1.16 bits per heavy atom. The Kier molecular flexibility index (Phi) is 5.26. The zero-order valence-corrected chi connectivity index (χ0v) is 12.2. The van der Waals surface area contributed by atoms with E-state index in [0.29, 0.717) is 17.8 Å². The van der Waals surface area contributed by atoms with Gasteiger partial charge < -0.3 is 10.4 Å². The van der Waals surface area contributed by atoms with Crippen LogP contribution in [0.25, 0.3) is 0 Å². The predicted molar refractivity (Wildman–Crippen MR) is 80.3 cm³/mol. The highest BCUT2D eigenvalue weighted by Gasteiger charge is 2.22.